The second-order valence-corrected chi connectivity index (χ2v) is 8.50. The van der Waals surface area contributed by atoms with Gasteiger partial charge in [-0.3, -0.25) is 9.10 Å². The van der Waals surface area contributed by atoms with E-state index in [-0.39, 0.29) is 18.0 Å². The maximum Gasteiger partial charge on any atom is 0.326 e. The van der Waals surface area contributed by atoms with Gasteiger partial charge in [0, 0.05) is 4.90 Å². The number of nitrogens with zero attached hydrogens (tertiary/aromatic N) is 1. The number of ether oxygens (including phenoxy) is 1. The van der Waals surface area contributed by atoms with E-state index in [0.29, 0.717) is 5.69 Å². The molecule has 0 amide bonds. The summed E-state index contributed by atoms with van der Waals surface area (Å²) >= 11 is 1.53. The topological polar surface area (TPSA) is 63.7 Å². The van der Waals surface area contributed by atoms with Crippen LogP contribution < -0.4 is 4.31 Å². The predicted octanol–water partition coefficient (Wildman–Crippen LogP) is 3.78. The molecule has 0 fully saturated rings. The Balaban J connectivity index is 2.49. The summed E-state index contributed by atoms with van der Waals surface area (Å²) in [4.78, 5) is 13.1. The largest absolute Gasteiger partial charge is 0.465 e. The van der Waals surface area contributed by atoms with E-state index < -0.39 is 16.0 Å². The van der Waals surface area contributed by atoms with Crippen molar-refractivity contribution in [3.63, 3.8) is 0 Å². The minimum absolute atomic E-state index is 0.137. The molecule has 26 heavy (non-hydrogen) atoms. The molecule has 0 aliphatic carbocycles. The van der Waals surface area contributed by atoms with E-state index in [1.165, 1.54) is 11.8 Å². The first-order chi connectivity index (χ1) is 12.3. The van der Waals surface area contributed by atoms with Gasteiger partial charge in [-0.25, -0.2) is 8.42 Å². The Morgan fingerprint density at radius 2 is 1.73 bits per heavy atom. The van der Waals surface area contributed by atoms with Gasteiger partial charge in [-0.2, -0.15) is 0 Å². The molecule has 0 heterocycles. The van der Waals surface area contributed by atoms with Gasteiger partial charge in [-0.15, -0.1) is 11.8 Å². The zero-order valence-electron chi connectivity index (χ0n) is 15.4. The normalized spacial score (nSPS) is 11.2. The van der Waals surface area contributed by atoms with Gasteiger partial charge in [-0.1, -0.05) is 6.07 Å². The van der Waals surface area contributed by atoms with Crippen molar-refractivity contribution in [1.29, 1.82) is 0 Å². The number of carbonyl (C=O) groups is 1. The van der Waals surface area contributed by atoms with Gasteiger partial charge in [0.1, 0.15) is 6.54 Å². The summed E-state index contributed by atoms with van der Waals surface area (Å²) in [5.74, 6) is -0.588. The van der Waals surface area contributed by atoms with Crippen molar-refractivity contribution in [2.45, 2.75) is 30.6 Å². The van der Waals surface area contributed by atoms with Gasteiger partial charge in [0.05, 0.1) is 17.2 Å². The van der Waals surface area contributed by atoms with Crippen LogP contribution in [0.5, 0.6) is 0 Å². The standard InChI is InChI=1S/C19H23NO4S2/c1-5-24-19(21)13-20(16-7-6-14(2)15(3)12-16)26(22,23)18-10-8-17(25-4)9-11-18/h6-12H,5,13H2,1-4H3. The zero-order valence-corrected chi connectivity index (χ0v) is 17.0. The van der Waals surface area contributed by atoms with Crippen molar-refractivity contribution in [3.8, 4) is 0 Å². The number of hydrogen-bond acceptors (Lipinski definition) is 5. The van der Waals surface area contributed by atoms with Gasteiger partial charge < -0.3 is 4.74 Å². The summed E-state index contributed by atoms with van der Waals surface area (Å²) in [6.07, 6.45) is 1.92. The fourth-order valence-electron chi connectivity index (χ4n) is 2.39. The van der Waals surface area contributed by atoms with Crippen molar-refractivity contribution in [3.05, 3.63) is 53.6 Å². The van der Waals surface area contributed by atoms with Crippen molar-refractivity contribution in [2.75, 3.05) is 23.7 Å². The molecule has 5 nitrogen and oxygen atoms in total. The fourth-order valence-corrected chi connectivity index (χ4v) is 4.20. The first kappa shape index (κ1) is 20.3. The molecule has 0 saturated carbocycles. The molecule has 0 aliphatic heterocycles. The number of anilines is 1. The first-order valence-electron chi connectivity index (χ1n) is 8.19. The summed E-state index contributed by atoms with van der Waals surface area (Å²) in [7, 11) is -3.90. The Morgan fingerprint density at radius 3 is 2.27 bits per heavy atom. The van der Waals surface area contributed by atoms with Crippen LogP contribution >= 0.6 is 11.8 Å². The van der Waals surface area contributed by atoms with E-state index in [9.17, 15) is 13.2 Å². The van der Waals surface area contributed by atoms with Crippen LogP contribution in [0, 0.1) is 13.8 Å². The van der Waals surface area contributed by atoms with E-state index in [4.69, 9.17) is 4.74 Å². The highest BCUT2D eigenvalue weighted by atomic mass is 32.2. The molecule has 0 radical (unpaired) electrons. The summed E-state index contributed by atoms with van der Waals surface area (Å²) in [6, 6.07) is 11.9. The van der Waals surface area contributed by atoms with E-state index in [0.717, 1.165) is 20.3 Å². The van der Waals surface area contributed by atoms with Gasteiger partial charge in [0.25, 0.3) is 10.0 Å². The molecule has 0 atom stereocenters. The lowest BCUT2D eigenvalue weighted by atomic mass is 10.1. The third-order valence-corrected chi connectivity index (χ3v) is 6.54. The second kappa shape index (κ2) is 8.60. The molecular weight excluding hydrogens is 370 g/mol. The van der Waals surface area contributed by atoms with Crippen LogP contribution in [0.1, 0.15) is 18.1 Å². The number of aryl methyl sites for hydroxylation is 2. The van der Waals surface area contributed by atoms with Crippen molar-refractivity contribution in [2.24, 2.45) is 0 Å². The molecule has 0 bridgehead atoms. The Bertz CT molecular complexity index is 877. The van der Waals surface area contributed by atoms with Gasteiger partial charge in [-0.05, 0) is 74.6 Å². The van der Waals surface area contributed by atoms with Crippen LogP contribution in [0.4, 0.5) is 5.69 Å². The highest BCUT2D eigenvalue weighted by Crippen LogP contribution is 2.27. The number of thioether (sulfide) groups is 1. The Labute approximate surface area is 159 Å². The van der Waals surface area contributed by atoms with Gasteiger partial charge in [0.15, 0.2) is 0 Å². The molecule has 2 aromatic rings. The number of carbonyl (C=O) groups excluding carboxylic acids is 1. The van der Waals surface area contributed by atoms with Gasteiger partial charge in [0.2, 0.25) is 0 Å². The first-order valence-corrected chi connectivity index (χ1v) is 10.9. The van der Waals surface area contributed by atoms with Crippen LogP contribution in [-0.2, 0) is 19.6 Å². The highest BCUT2D eigenvalue weighted by Gasteiger charge is 2.28. The van der Waals surface area contributed by atoms with E-state index in [2.05, 4.69) is 0 Å². The molecule has 140 valence electrons. The molecular formula is C19H23NO4S2. The zero-order chi connectivity index (χ0) is 19.3. The van der Waals surface area contributed by atoms with Crippen molar-refractivity contribution in [1.82, 2.24) is 0 Å². The predicted molar refractivity (Wildman–Crippen MR) is 105 cm³/mol. The van der Waals surface area contributed by atoms with E-state index in [1.54, 1.807) is 43.3 Å². The number of sulfonamides is 1. The molecule has 0 N–H and O–H groups in total. The van der Waals surface area contributed by atoms with Crippen LogP contribution in [0.2, 0.25) is 0 Å². The fraction of sp³-hybridized carbons (Fsp3) is 0.316. The lowest BCUT2D eigenvalue weighted by Gasteiger charge is -2.24. The SMILES string of the molecule is CCOC(=O)CN(c1ccc(C)c(C)c1)S(=O)(=O)c1ccc(SC)cc1. The van der Waals surface area contributed by atoms with Crippen LogP contribution in [0.3, 0.4) is 0 Å². The molecule has 2 aromatic carbocycles. The summed E-state index contributed by atoms with van der Waals surface area (Å²) in [5.41, 5.74) is 2.44. The molecule has 0 aromatic heterocycles. The molecule has 0 unspecified atom stereocenters. The monoisotopic (exact) mass is 393 g/mol. The maximum atomic E-state index is 13.2. The highest BCUT2D eigenvalue weighted by molar-refractivity contribution is 7.98. The average molecular weight is 394 g/mol. The number of benzene rings is 2. The minimum Gasteiger partial charge on any atom is -0.465 e. The molecule has 7 heteroatoms. The van der Waals surface area contributed by atoms with Crippen LogP contribution in [0.15, 0.2) is 52.3 Å². The smallest absolute Gasteiger partial charge is 0.326 e. The van der Waals surface area contributed by atoms with E-state index in [1.807, 2.05) is 26.2 Å². The lowest BCUT2D eigenvalue weighted by Crippen LogP contribution is -2.36. The van der Waals surface area contributed by atoms with Crippen molar-refractivity contribution < 1.29 is 17.9 Å². The third-order valence-electron chi connectivity index (χ3n) is 4.00. The summed E-state index contributed by atoms with van der Waals surface area (Å²) in [5, 5.41) is 0. The number of rotatable bonds is 7. The quantitative estimate of drug-likeness (QED) is 0.529. The average Bonchev–Trinajstić information content (AvgIpc) is 2.62. The Hall–Kier alpha value is -1.99. The third kappa shape index (κ3) is 4.59. The maximum absolute atomic E-state index is 13.2. The Morgan fingerprint density at radius 1 is 1.08 bits per heavy atom. The summed E-state index contributed by atoms with van der Waals surface area (Å²) < 4.78 is 32.4. The molecule has 0 spiro atoms. The molecule has 0 aliphatic rings. The van der Waals surface area contributed by atoms with Crippen LogP contribution in [-0.4, -0.2) is 33.8 Å². The second-order valence-electron chi connectivity index (χ2n) is 5.76. The van der Waals surface area contributed by atoms with E-state index >= 15 is 0 Å². The summed E-state index contributed by atoms with van der Waals surface area (Å²) in [6.45, 7) is 5.37. The lowest BCUT2D eigenvalue weighted by molar-refractivity contribution is -0.141. The van der Waals surface area contributed by atoms with Crippen LogP contribution in [0.25, 0.3) is 0 Å². The number of hydrogen-bond donors (Lipinski definition) is 0. The van der Waals surface area contributed by atoms with Gasteiger partial charge >= 0.3 is 5.97 Å². The molecule has 0 saturated heterocycles. The number of esters is 1. The molecule has 2 rings (SSSR count). The Kier molecular flexibility index (Phi) is 6.72. The minimum atomic E-state index is -3.90. The van der Waals surface area contributed by atoms with Crippen molar-refractivity contribution >= 4 is 33.4 Å².